The van der Waals surface area contributed by atoms with Crippen LogP contribution in [-0.4, -0.2) is 63.7 Å². The zero-order chi connectivity index (χ0) is 33.4. The number of hydrogen-bond donors (Lipinski definition) is 4. The standard InChI is InChI=1S/C34H45N7O4S2/c1-22(2)18-24-31-40-27(21-47-31)30(44)38-25(19-23-10-4-3-5-11-23)32-39-26(20-46-32)29(43)36-15-9-17-41(16-8-12-28(42)37-24)33(45)34(35)13-6-7-14-34/h3-5,10-11,20-22,24-25H,6-9,12-19,35H2,1-2H3,(H,36,43)(H,37,42)(H,38,44)/t24?,25-/m0/s1. The monoisotopic (exact) mass is 679 g/mol. The molecule has 47 heavy (non-hydrogen) atoms. The van der Waals surface area contributed by atoms with E-state index in [1.54, 1.807) is 15.7 Å². The molecule has 0 saturated heterocycles. The number of hydrogen-bond acceptors (Lipinski definition) is 9. The summed E-state index contributed by atoms with van der Waals surface area (Å²) in [4.78, 5) is 64.4. The summed E-state index contributed by atoms with van der Waals surface area (Å²) in [5.74, 6) is -0.599. The zero-order valence-corrected chi connectivity index (χ0v) is 28.8. The Hall–Kier alpha value is -3.68. The lowest BCUT2D eigenvalue weighted by Crippen LogP contribution is -2.54. The van der Waals surface area contributed by atoms with Crippen LogP contribution >= 0.6 is 22.7 Å². The van der Waals surface area contributed by atoms with Crippen molar-refractivity contribution in [2.24, 2.45) is 11.7 Å². The van der Waals surface area contributed by atoms with E-state index in [0.717, 1.165) is 18.4 Å². The average Bonchev–Trinajstić information content (AvgIpc) is 3.83. The molecule has 3 heterocycles. The van der Waals surface area contributed by atoms with Gasteiger partial charge in [-0.15, -0.1) is 22.7 Å². The molecule has 4 bridgehead atoms. The van der Waals surface area contributed by atoms with Gasteiger partial charge in [-0.25, -0.2) is 9.97 Å². The predicted molar refractivity (Wildman–Crippen MR) is 183 cm³/mol. The summed E-state index contributed by atoms with van der Waals surface area (Å²) >= 11 is 2.67. The Morgan fingerprint density at radius 2 is 1.55 bits per heavy atom. The van der Waals surface area contributed by atoms with E-state index in [0.29, 0.717) is 68.2 Å². The van der Waals surface area contributed by atoms with Gasteiger partial charge in [0.25, 0.3) is 11.8 Å². The van der Waals surface area contributed by atoms with Gasteiger partial charge in [0, 0.05) is 36.8 Å². The molecule has 252 valence electrons. The van der Waals surface area contributed by atoms with Crippen molar-refractivity contribution in [3.63, 3.8) is 0 Å². The van der Waals surface area contributed by atoms with Crippen LogP contribution in [0.4, 0.5) is 0 Å². The van der Waals surface area contributed by atoms with E-state index >= 15 is 0 Å². The summed E-state index contributed by atoms with van der Waals surface area (Å²) in [5, 5.41) is 13.8. The lowest BCUT2D eigenvalue weighted by atomic mass is 9.97. The van der Waals surface area contributed by atoms with Crippen LogP contribution in [0.3, 0.4) is 0 Å². The van der Waals surface area contributed by atoms with Crippen LogP contribution in [0.15, 0.2) is 41.1 Å². The first-order valence-corrected chi connectivity index (χ1v) is 18.3. The minimum atomic E-state index is -0.874. The molecule has 1 fully saturated rings. The Morgan fingerprint density at radius 3 is 2.23 bits per heavy atom. The largest absolute Gasteiger partial charge is 0.351 e. The van der Waals surface area contributed by atoms with Crippen LogP contribution in [0.2, 0.25) is 0 Å². The first-order chi connectivity index (χ1) is 22.6. The molecule has 5 N–H and O–H groups in total. The Labute approximate surface area is 284 Å². The Balaban J connectivity index is 1.40. The van der Waals surface area contributed by atoms with E-state index < -0.39 is 11.6 Å². The third kappa shape index (κ3) is 9.23. The fourth-order valence-electron chi connectivity index (χ4n) is 6.19. The van der Waals surface area contributed by atoms with Crippen molar-refractivity contribution in [1.29, 1.82) is 0 Å². The van der Waals surface area contributed by atoms with Crippen LogP contribution in [-0.2, 0) is 16.0 Å². The highest BCUT2D eigenvalue weighted by atomic mass is 32.1. The van der Waals surface area contributed by atoms with Gasteiger partial charge in [0.2, 0.25) is 11.8 Å². The third-order valence-corrected chi connectivity index (χ3v) is 10.6. The molecule has 1 saturated carbocycles. The van der Waals surface area contributed by atoms with Gasteiger partial charge in [-0.3, -0.25) is 19.2 Å². The van der Waals surface area contributed by atoms with Crippen molar-refractivity contribution >= 4 is 46.3 Å². The van der Waals surface area contributed by atoms with Crippen molar-refractivity contribution in [1.82, 2.24) is 30.8 Å². The number of rotatable bonds is 5. The lowest BCUT2D eigenvalue weighted by Gasteiger charge is -2.32. The fourth-order valence-corrected chi connectivity index (χ4v) is 7.90. The van der Waals surface area contributed by atoms with Crippen molar-refractivity contribution in [2.45, 2.75) is 89.3 Å². The van der Waals surface area contributed by atoms with Crippen molar-refractivity contribution in [3.8, 4) is 0 Å². The Kier molecular flexibility index (Phi) is 11.8. The summed E-state index contributed by atoms with van der Waals surface area (Å²) in [7, 11) is 0. The minimum Gasteiger partial charge on any atom is -0.351 e. The molecule has 13 heteroatoms. The number of benzene rings is 1. The molecule has 2 aliphatic rings. The minimum absolute atomic E-state index is 0.0844. The van der Waals surface area contributed by atoms with Crippen LogP contribution in [0.1, 0.15) is 114 Å². The molecule has 2 aromatic heterocycles. The summed E-state index contributed by atoms with van der Waals surface area (Å²) in [6.45, 7) is 5.33. The first kappa shape index (κ1) is 34.6. The number of nitrogens with one attached hydrogen (secondary N) is 3. The molecule has 0 spiro atoms. The maximum atomic E-state index is 13.6. The van der Waals surface area contributed by atoms with Gasteiger partial charge in [0.1, 0.15) is 21.4 Å². The van der Waals surface area contributed by atoms with Gasteiger partial charge < -0.3 is 26.6 Å². The maximum Gasteiger partial charge on any atom is 0.271 e. The van der Waals surface area contributed by atoms with E-state index in [4.69, 9.17) is 5.73 Å². The number of nitrogens with two attached hydrogens (primary N) is 1. The second-order valence-corrected chi connectivity index (χ2v) is 14.8. The summed E-state index contributed by atoms with van der Waals surface area (Å²) in [5.41, 5.74) is 7.23. The molecule has 4 amide bonds. The van der Waals surface area contributed by atoms with E-state index in [1.807, 2.05) is 30.3 Å². The molecule has 3 aromatic rings. The normalized spacial score (nSPS) is 21.4. The molecule has 1 aliphatic carbocycles. The second-order valence-electron chi connectivity index (χ2n) is 13.0. The number of carbonyl (C=O) groups is 4. The quantitative estimate of drug-likeness (QED) is 0.308. The van der Waals surface area contributed by atoms with Crippen molar-refractivity contribution in [3.05, 3.63) is 68.1 Å². The van der Waals surface area contributed by atoms with Crippen molar-refractivity contribution < 1.29 is 19.2 Å². The third-order valence-electron chi connectivity index (χ3n) is 8.67. The highest BCUT2D eigenvalue weighted by Gasteiger charge is 2.39. The molecule has 1 aliphatic heterocycles. The SMILES string of the molecule is CC(C)CC1NC(=O)CCCN(C(=O)C2(N)CCCC2)CCCNC(=O)c2csc(n2)[C@H](Cc2ccccc2)NC(=O)c2csc1n2. The topological polar surface area (TPSA) is 159 Å². The zero-order valence-electron chi connectivity index (χ0n) is 27.1. The van der Waals surface area contributed by atoms with E-state index in [2.05, 4.69) is 39.8 Å². The molecule has 0 radical (unpaired) electrons. The van der Waals surface area contributed by atoms with Crippen LogP contribution < -0.4 is 21.7 Å². The maximum absolute atomic E-state index is 13.6. The summed E-state index contributed by atoms with van der Waals surface area (Å²) < 4.78 is 0. The highest BCUT2D eigenvalue weighted by Crippen LogP contribution is 2.30. The number of fused-ring (bicyclic) bond motifs is 4. The van der Waals surface area contributed by atoms with Crippen LogP contribution in [0.5, 0.6) is 0 Å². The number of carbonyl (C=O) groups excluding carboxylic acids is 4. The number of thiazole rings is 2. The van der Waals surface area contributed by atoms with Crippen LogP contribution in [0, 0.1) is 5.92 Å². The number of aromatic nitrogens is 2. The van der Waals surface area contributed by atoms with Crippen molar-refractivity contribution in [2.75, 3.05) is 19.6 Å². The van der Waals surface area contributed by atoms with E-state index in [9.17, 15) is 19.2 Å². The first-order valence-electron chi connectivity index (χ1n) is 16.5. The average molecular weight is 680 g/mol. The fraction of sp³-hybridized carbons (Fsp3) is 0.529. The number of nitrogens with zero attached hydrogens (tertiary/aromatic N) is 3. The molecule has 5 rings (SSSR count). The molecular weight excluding hydrogens is 635 g/mol. The Morgan fingerprint density at radius 1 is 0.915 bits per heavy atom. The smallest absolute Gasteiger partial charge is 0.271 e. The molecule has 1 aromatic carbocycles. The predicted octanol–water partition coefficient (Wildman–Crippen LogP) is 4.53. The van der Waals surface area contributed by atoms with Gasteiger partial charge in [-0.1, -0.05) is 57.0 Å². The molecule has 11 nitrogen and oxygen atoms in total. The molecular formula is C34H45N7O4S2. The summed E-state index contributed by atoms with van der Waals surface area (Å²) in [6, 6.07) is 8.97. The van der Waals surface area contributed by atoms with Gasteiger partial charge in [0.05, 0.1) is 17.6 Å². The highest BCUT2D eigenvalue weighted by molar-refractivity contribution is 7.10. The van der Waals surface area contributed by atoms with Gasteiger partial charge >= 0.3 is 0 Å². The molecule has 1 unspecified atom stereocenters. The second kappa shape index (κ2) is 15.9. The number of amides is 4. The lowest BCUT2D eigenvalue weighted by molar-refractivity contribution is -0.137. The van der Waals surface area contributed by atoms with Crippen LogP contribution in [0.25, 0.3) is 0 Å². The summed E-state index contributed by atoms with van der Waals surface area (Å²) in [6.07, 6.45) is 5.55. The van der Waals surface area contributed by atoms with Gasteiger partial charge in [0.15, 0.2) is 0 Å². The Bertz CT molecular complexity index is 1530. The molecule has 2 atom stereocenters. The van der Waals surface area contributed by atoms with E-state index in [-0.39, 0.29) is 53.4 Å². The van der Waals surface area contributed by atoms with Gasteiger partial charge in [-0.05, 0) is 50.0 Å². The van der Waals surface area contributed by atoms with E-state index in [1.165, 1.54) is 22.7 Å². The van der Waals surface area contributed by atoms with Gasteiger partial charge in [-0.2, -0.15) is 0 Å².